The molecule has 0 fully saturated rings. The Kier molecular flexibility index (Phi) is 18.3. The van der Waals surface area contributed by atoms with Crippen molar-refractivity contribution in [2.75, 3.05) is 0 Å². The number of allylic oxidation sites excluding steroid dienone is 4. The molecule has 0 amide bonds. The molecule has 0 aliphatic carbocycles. The number of rotatable bonds is 6. The molecule has 16 heavy (non-hydrogen) atoms. The van der Waals surface area contributed by atoms with Gasteiger partial charge in [-0.15, -0.1) is 0 Å². The summed E-state index contributed by atoms with van der Waals surface area (Å²) in [5.41, 5.74) is 1.30. The van der Waals surface area contributed by atoms with Gasteiger partial charge in [-0.25, -0.2) is 0 Å². The smallest absolute Gasteiger partial charge is 0.0191 e. The third-order valence-corrected chi connectivity index (χ3v) is 2.29. The van der Waals surface area contributed by atoms with E-state index in [1.807, 2.05) is 26.0 Å². The number of hydrogen-bond donors (Lipinski definition) is 0. The van der Waals surface area contributed by atoms with Crippen LogP contribution in [0.2, 0.25) is 0 Å². The van der Waals surface area contributed by atoms with Crippen molar-refractivity contribution in [3.05, 3.63) is 37.0 Å². The standard InChI is InChI=1S/C13H22.C2H6.CH4/c1-6-8-13(7-2)12(5)10-9-11(3)4;1-2;/h6-8,11-12H,1-2,9-10H2,3-5H3;1-2H3;1H4/b13-8+;;. The van der Waals surface area contributed by atoms with Crippen molar-refractivity contribution in [1.82, 2.24) is 0 Å². The van der Waals surface area contributed by atoms with Crippen LogP contribution >= 0.6 is 0 Å². The lowest BCUT2D eigenvalue weighted by Gasteiger charge is -2.13. The van der Waals surface area contributed by atoms with Crippen LogP contribution in [0.15, 0.2) is 37.0 Å². The van der Waals surface area contributed by atoms with E-state index < -0.39 is 0 Å². The fraction of sp³-hybridized carbons (Fsp3) is 0.625. The third kappa shape index (κ3) is 11.3. The lowest BCUT2D eigenvalue weighted by Crippen LogP contribution is -1.99. The van der Waals surface area contributed by atoms with Crippen LogP contribution < -0.4 is 0 Å². The van der Waals surface area contributed by atoms with Gasteiger partial charge in [0.15, 0.2) is 0 Å². The van der Waals surface area contributed by atoms with Crippen molar-refractivity contribution >= 4 is 0 Å². The molecule has 0 aromatic carbocycles. The summed E-state index contributed by atoms with van der Waals surface area (Å²) in [6, 6.07) is 0. The maximum absolute atomic E-state index is 3.81. The Morgan fingerprint density at radius 3 is 1.88 bits per heavy atom. The first-order chi connectivity index (χ1) is 7.11. The Labute approximate surface area is 104 Å². The first-order valence-corrected chi connectivity index (χ1v) is 6.06. The zero-order chi connectivity index (χ0) is 12.3. The quantitative estimate of drug-likeness (QED) is 0.484. The molecule has 0 N–H and O–H groups in total. The van der Waals surface area contributed by atoms with Gasteiger partial charge in [0.25, 0.3) is 0 Å². The fourth-order valence-corrected chi connectivity index (χ4v) is 1.32. The maximum atomic E-state index is 3.81. The van der Waals surface area contributed by atoms with Crippen LogP contribution in [0, 0.1) is 11.8 Å². The van der Waals surface area contributed by atoms with Gasteiger partial charge in [0.1, 0.15) is 0 Å². The molecule has 0 aliphatic heterocycles. The third-order valence-electron chi connectivity index (χ3n) is 2.29. The van der Waals surface area contributed by atoms with E-state index >= 15 is 0 Å². The highest BCUT2D eigenvalue weighted by molar-refractivity contribution is 5.23. The van der Waals surface area contributed by atoms with Crippen molar-refractivity contribution in [1.29, 1.82) is 0 Å². The minimum atomic E-state index is 0. The Hall–Kier alpha value is -0.780. The van der Waals surface area contributed by atoms with Crippen molar-refractivity contribution in [3.8, 4) is 0 Å². The molecule has 1 unspecified atom stereocenters. The summed E-state index contributed by atoms with van der Waals surface area (Å²) in [5.74, 6) is 1.40. The van der Waals surface area contributed by atoms with Gasteiger partial charge in [0.2, 0.25) is 0 Å². The molecular formula is C16H32. The molecule has 0 saturated carbocycles. The predicted molar refractivity (Wildman–Crippen MR) is 79.8 cm³/mol. The predicted octanol–water partition coefficient (Wildman–Crippen LogP) is 6.02. The van der Waals surface area contributed by atoms with Crippen molar-refractivity contribution in [2.45, 2.75) is 54.9 Å². The molecule has 0 nitrogen and oxygen atoms in total. The van der Waals surface area contributed by atoms with Gasteiger partial charge in [-0.05, 0) is 23.8 Å². The molecule has 0 rings (SSSR count). The van der Waals surface area contributed by atoms with Crippen molar-refractivity contribution < 1.29 is 0 Å². The molecule has 0 radical (unpaired) electrons. The molecule has 0 aliphatic rings. The highest BCUT2D eigenvalue weighted by atomic mass is 14.1. The second-order valence-electron chi connectivity index (χ2n) is 3.98. The summed E-state index contributed by atoms with van der Waals surface area (Å²) in [4.78, 5) is 0. The average molecular weight is 224 g/mol. The topological polar surface area (TPSA) is 0 Å². The van der Waals surface area contributed by atoms with Crippen LogP contribution in [0.25, 0.3) is 0 Å². The largest absolute Gasteiger partial charge is 0.0991 e. The Bertz CT molecular complexity index is 184. The Balaban J connectivity index is -0.000000529. The molecule has 96 valence electrons. The fourth-order valence-electron chi connectivity index (χ4n) is 1.32. The molecule has 0 heterocycles. The van der Waals surface area contributed by atoms with Gasteiger partial charge in [-0.2, -0.15) is 0 Å². The van der Waals surface area contributed by atoms with Crippen LogP contribution in [-0.2, 0) is 0 Å². The zero-order valence-corrected chi connectivity index (χ0v) is 11.2. The van der Waals surface area contributed by atoms with Crippen LogP contribution in [0.3, 0.4) is 0 Å². The molecule has 1 atom stereocenters. The van der Waals surface area contributed by atoms with E-state index in [0.717, 1.165) is 5.92 Å². The molecule has 0 spiro atoms. The monoisotopic (exact) mass is 224 g/mol. The van der Waals surface area contributed by atoms with Crippen LogP contribution in [0.1, 0.15) is 54.9 Å². The van der Waals surface area contributed by atoms with Crippen LogP contribution in [0.5, 0.6) is 0 Å². The zero-order valence-electron chi connectivity index (χ0n) is 11.2. The summed E-state index contributed by atoms with van der Waals surface area (Å²) < 4.78 is 0. The van der Waals surface area contributed by atoms with Crippen molar-refractivity contribution in [2.24, 2.45) is 11.8 Å². The van der Waals surface area contributed by atoms with E-state index in [9.17, 15) is 0 Å². The summed E-state index contributed by atoms with van der Waals surface area (Å²) in [6.45, 7) is 18.3. The first kappa shape index (κ1) is 20.6. The van der Waals surface area contributed by atoms with Crippen molar-refractivity contribution in [3.63, 3.8) is 0 Å². The molecule has 0 aromatic heterocycles. The highest BCUT2D eigenvalue weighted by Gasteiger charge is 2.05. The van der Waals surface area contributed by atoms with Gasteiger partial charge in [-0.3, -0.25) is 0 Å². The SMILES string of the molecule is C.C=C/C=C(\C=C)C(C)CCC(C)C.CC. The number of hydrogen-bond acceptors (Lipinski definition) is 0. The normalized spacial score (nSPS) is 12.0. The second-order valence-corrected chi connectivity index (χ2v) is 3.98. The molecule has 0 aromatic rings. The maximum Gasteiger partial charge on any atom is -0.0191 e. The molecule has 0 bridgehead atoms. The minimum absolute atomic E-state index is 0. The Morgan fingerprint density at radius 1 is 1.06 bits per heavy atom. The van der Waals surface area contributed by atoms with Gasteiger partial charge >= 0.3 is 0 Å². The van der Waals surface area contributed by atoms with E-state index in [2.05, 4.69) is 40.0 Å². The minimum Gasteiger partial charge on any atom is -0.0991 e. The van der Waals surface area contributed by atoms with E-state index in [-0.39, 0.29) is 7.43 Å². The van der Waals surface area contributed by atoms with E-state index in [4.69, 9.17) is 0 Å². The highest BCUT2D eigenvalue weighted by Crippen LogP contribution is 2.20. The van der Waals surface area contributed by atoms with E-state index in [1.165, 1.54) is 18.4 Å². The van der Waals surface area contributed by atoms with E-state index in [1.54, 1.807) is 0 Å². The molecular weight excluding hydrogens is 192 g/mol. The van der Waals surface area contributed by atoms with Crippen LogP contribution in [-0.4, -0.2) is 0 Å². The summed E-state index contributed by atoms with van der Waals surface area (Å²) in [6.07, 6.45) is 8.35. The second kappa shape index (κ2) is 14.2. The van der Waals surface area contributed by atoms with Gasteiger partial charge < -0.3 is 0 Å². The average Bonchev–Trinajstić information content (AvgIpc) is 2.25. The summed E-state index contributed by atoms with van der Waals surface area (Å²) in [5, 5.41) is 0. The Morgan fingerprint density at radius 2 is 1.56 bits per heavy atom. The molecule has 0 saturated heterocycles. The van der Waals surface area contributed by atoms with Gasteiger partial charge in [-0.1, -0.05) is 79.9 Å². The summed E-state index contributed by atoms with van der Waals surface area (Å²) >= 11 is 0. The van der Waals surface area contributed by atoms with E-state index in [0.29, 0.717) is 5.92 Å². The lowest BCUT2D eigenvalue weighted by molar-refractivity contribution is 0.494. The van der Waals surface area contributed by atoms with Crippen LogP contribution in [0.4, 0.5) is 0 Å². The first-order valence-electron chi connectivity index (χ1n) is 6.06. The molecule has 0 heteroatoms. The van der Waals surface area contributed by atoms with Gasteiger partial charge in [0, 0.05) is 0 Å². The van der Waals surface area contributed by atoms with Gasteiger partial charge in [0.05, 0.1) is 0 Å². The lowest BCUT2D eigenvalue weighted by atomic mass is 9.92. The summed E-state index contributed by atoms with van der Waals surface area (Å²) in [7, 11) is 0.